The Bertz CT molecular complexity index is 20.0. The van der Waals surface area contributed by atoms with Crippen molar-refractivity contribution in [3.05, 3.63) is 0 Å². The molecule has 1 nitrogen and oxygen atoms in total. The van der Waals surface area contributed by atoms with Gasteiger partial charge in [0.25, 0.3) is 0 Å². The zero-order valence-corrected chi connectivity index (χ0v) is 9.42. The van der Waals surface area contributed by atoms with E-state index in [1.807, 2.05) is 0 Å². The van der Waals surface area contributed by atoms with E-state index in [2.05, 4.69) is 6.92 Å². The van der Waals surface area contributed by atoms with Gasteiger partial charge in [0.15, 0.2) is 0 Å². The first-order valence-corrected chi connectivity index (χ1v) is 2.52. The molecule has 0 aliphatic rings. The predicted octanol–water partition coefficient (Wildman–Crippen LogP) is 0.788. The number of aliphatic hydroxyl groups excluding tert-OH is 1. The van der Waals surface area contributed by atoms with E-state index in [4.69, 9.17) is 5.11 Å². The molecule has 0 amide bonds. The smallest absolute Gasteiger partial charge is 0.0431 e. The Morgan fingerprint density at radius 3 is 2.00 bits per heavy atom. The molecule has 0 aromatic heterocycles. The molecule has 0 bridgehead atoms. The number of rotatable bonds is 3. The fraction of sp³-hybridized carbons (Fsp3) is 1.00. The molecule has 0 aliphatic carbocycles. The van der Waals surface area contributed by atoms with Crippen molar-refractivity contribution in [2.45, 2.75) is 26.2 Å². The molecule has 0 heterocycles. The molecule has 0 saturated heterocycles. The molecule has 2 radical (unpaired) electrons. The van der Waals surface area contributed by atoms with E-state index in [0.29, 0.717) is 6.61 Å². The Morgan fingerprint density at radius 1 is 1.29 bits per heavy atom. The van der Waals surface area contributed by atoms with Crippen LogP contribution in [-0.2, 0) is 0 Å². The van der Waals surface area contributed by atoms with Gasteiger partial charge in [0.2, 0.25) is 0 Å². The molecular weight excluding hydrogens is 213 g/mol. The van der Waals surface area contributed by atoms with E-state index in [-0.39, 0.29) is 48.9 Å². The monoisotopic (exact) mass is 226 g/mol. The van der Waals surface area contributed by atoms with E-state index in [0.717, 1.165) is 12.8 Å². The van der Waals surface area contributed by atoms with Gasteiger partial charge in [0, 0.05) is 55.5 Å². The summed E-state index contributed by atoms with van der Waals surface area (Å²) in [7, 11) is 0. The van der Waals surface area contributed by atoms with Crippen LogP contribution in [-0.4, -0.2) is 60.6 Å². The largest absolute Gasteiger partial charge is 0.396 e. The minimum absolute atomic E-state index is 0. The summed E-state index contributed by atoms with van der Waals surface area (Å²) in [4.78, 5) is 0. The van der Waals surface area contributed by atoms with Gasteiger partial charge in [-0.3, -0.25) is 0 Å². The van der Waals surface area contributed by atoms with Crippen molar-refractivity contribution >= 4 is 48.9 Å². The normalized spacial score (nSPS) is 7.71. The van der Waals surface area contributed by atoms with Crippen molar-refractivity contribution in [2.24, 2.45) is 0 Å². The van der Waals surface area contributed by atoms with Gasteiger partial charge < -0.3 is 5.11 Å². The third-order valence-electron chi connectivity index (χ3n) is 0.762. The summed E-state index contributed by atoms with van der Waals surface area (Å²) >= 11 is 0. The molecule has 0 aliphatic heterocycles. The van der Waals surface area contributed by atoms with Crippen molar-refractivity contribution in [3.63, 3.8) is 0 Å². The second kappa shape index (κ2) is 10.5. The summed E-state index contributed by atoms with van der Waals surface area (Å²) in [6.07, 6.45) is 3.33. The molecule has 0 spiro atoms. The van der Waals surface area contributed by atoms with Crippen LogP contribution in [0.2, 0.25) is 0 Å². The van der Waals surface area contributed by atoms with Crippen LogP contribution < -0.4 is 0 Å². The average molecular weight is 225 g/mol. The van der Waals surface area contributed by atoms with Gasteiger partial charge >= 0.3 is 0 Å². The van der Waals surface area contributed by atoms with Crippen LogP contribution in [0.3, 0.4) is 0 Å². The van der Waals surface area contributed by atoms with Gasteiger partial charge in [0.05, 0.1) is 0 Å². The number of hydrogen-bond donors (Lipinski definition) is 1. The third-order valence-corrected chi connectivity index (χ3v) is 0.762. The van der Waals surface area contributed by atoms with Crippen LogP contribution in [0, 0.1) is 0 Å². The molecule has 0 aromatic carbocycles. The summed E-state index contributed by atoms with van der Waals surface area (Å²) in [5, 5.41) is 8.20. The summed E-state index contributed by atoms with van der Waals surface area (Å²) in [5.74, 6) is 0. The summed E-state index contributed by atoms with van der Waals surface area (Å²) in [6.45, 7) is 2.48. The molecule has 7 heavy (non-hydrogen) atoms. The minimum Gasteiger partial charge on any atom is -0.396 e. The number of hydrogen-bond acceptors (Lipinski definition) is 1. The summed E-state index contributed by atoms with van der Waals surface area (Å²) in [6, 6.07) is 0. The maximum Gasteiger partial charge on any atom is 0.0431 e. The molecule has 0 aromatic rings. The van der Waals surface area contributed by atoms with Gasteiger partial charge in [0.1, 0.15) is 0 Å². The van der Waals surface area contributed by atoms with Crippen LogP contribution >= 0.6 is 0 Å². The first kappa shape index (κ1) is 11.3. The standard InChI is InChI=1S/C5H12O.Ba/c1-2-3-4-5-6;/h6H,2-5H2,1H3;. The Labute approximate surface area is 85.6 Å². The van der Waals surface area contributed by atoms with Crippen LogP contribution in [0.25, 0.3) is 0 Å². The zero-order chi connectivity index (χ0) is 4.83. The van der Waals surface area contributed by atoms with Crippen molar-refractivity contribution in [2.75, 3.05) is 6.61 Å². The molecule has 40 valence electrons. The van der Waals surface area contributed by atoms with Gasteiger partial charge in [-0.25, -0.2) is 0 Å². The molecule has 1 N–H and O–H groups in total. The topological polar surface area (TPSA) is 20.2 Å². The molecular formula is C5H12BaO. The average Bonchev–Trinajstić information content (AvgIpc) is 1.61. The summed E-state index contributed by atoms with van der Waals surface area (Å²) < 4.78 is 0. The van der Waals surface area contributed by atoms with E-state index >= 15 is 0 Å². The Kier molecular flexibility index (Phi) is 17.0. The molecule has 0 saturated carbocycles. The van der Waals surface area contributed by atoms with Crippen LogP contribution in [0.15, 0.2) is 0 Å². The first-order valence-electron chi connectivity index (χ1n) is 2.52. The predicted molar refractivity (Wildman–Crippen MR) is 32.4 cm³/mol. The SMILES string of the molecule is CCCCCO.[Ba]. The number of aliphatic hydroxyl groups is 1. The van der Waals surface area contributed by atoms with Gasteiger partial charge in [-0.15, -0.1) is 0 Å². The zero-order valence-electron chi connectivity index (χ0n) is 4.98. The van der Waals surface area contributed by atoms with Gasteiger partial charge in [-0.05, 0) is 6.42 Å². The summed E-state index contributed by atoms with van der Waals surface area (Å²) in [5.41, 5.74) is 0. The second-order valence-corrected chi connectivity index (χ2v) is 1.43. The maximum absolute atomic E-state index is 8.20. The van der Waals surface area contributed by atoms with Crippen LogP contribution in [0.4, 0.5) is 0 Å². The molecule has 0 rings (SSSR count). The van der Waals surface area contributed by atoms with Crippen molar-refractivity contribution in [1.29, 1.82) is 0 Å². The molecule has 0 fully saturated rings. The number of unbranched alkanes of at least 4 members (excludes halogenated alkanes) is 2. The van der Waals surface area contributed by atoms with Crippen molar-refractivity contribution < 1.29 is 5.11 Å². The molecule has 2 heteroatoms. The Morgan fingerprint density at radius 2 is 1.86 bits per heavy atom. The van der Waals surface area contributed by atoms with Crippen LogP contribution in [0.1, 0.15) is 26.2 Å². The van der Waals surface area contributed by atoms with Gasteiger partial charge in [-0.2, -0.15) is 0 Å². The second-order valence-electron chi connectivity index (χ2n) is 1.43. The van der Waals surface area contributed by atoms with E-state index in [1.54, 1.807) is 0 Å². The van der Waals surface area contributed by atoms with E-state index in [1.165, 1.54) is 6.42 Å². The fourth-order valence-electron chi connectivity index (χ4n) is 0.362. The van der Waals surface area contributed by atoms with Crippen LogP contribution in [0.5, 0.6) is 0 Å². The Balaban J connectivity index is 0. The quantitative estimate of drug-likeness (QED) is 0.556. The first-order chi connectivity index (χ1) is 2.91. The maximum atomic E-state index is 8.20. The molecule has 0 atom stereocenters. The fourth-order valence-corrected chi connectivity index (χ4v) is 0.362. The van der Waals surface area contributed by atoms with Crippen molar-refractivity contribution in [1.82, 2.24) is 0 Å². The molecule has 0 unspecified atom stereocenters. The van der Waals surface area contributed by atoms with Crippen molar-refractivity contribution in [3.8, 4) is 0 Å². The Hall–Kier alpha value is 1.53. The van der Waals surface area contributed by atoms with E-state index in [9.17, 15) is 0 Å². The van der Waals surface area contributed by atoms with E-state index < -0.39 is 0 Å². The third kappa shape index (κ3) is 11.2. The minimum atomic E-state index is 0. The van der Waals surface area contributed by atoms with Gasteiger partial charge in [-0.1, -0.05) is 19.8 Å².